The maximum absolute atomic E-state index is 12.9. The van der Waals surface area contributed by atoms with E-state index in [0.717, 1.165) is 0 Å². The van der Waals surface area contributed by atoms with E-state index in [-0.39, 0.29) is 40.8 Å². The molecule has 13 nitrogen and oxygen atoms in total. The first-order valence-corrected chi connectivity index (χ1v) is 11.3. The number of imidazole rings is 1. The molecule has 2 aromatic heterocycles. The monoisotopic (exact) mass is 513 g/mol. The third kappa shape index (κ3) is 5.77. The van der Waals surface area contributed by atoms with Gasteiger partial charge in [-0.05, 0) is 30.2 Å². The van der Waals surface area contributed by atoms with Gasteiger partial charge >= 0.3 is 17.6 Å². The summed E-state index contributed by atoms with van der Waals surface area (Å²) in [5.41, 5.74) is 0.802. The average molecular weight is 514 g/mol. The van der Waals surface area contributed by atoms with Crippen molar-refractivity contribution in [3.05, 3.63) is 52.2 Å². The number of nitro benzene ring substituents is 1. The second-order valence-electron chi connectivity index (χ2n) is 8.20. The largest absolute Gasteiger partial charge is 0.490 e. The number of aliphatic carboxylic acids is 1. The molecule has 37 heavy (non-hydrogen) atoms. The predicted octanol–water partition coefficient (Wildman–Crippen LogP) is 2.73. The summed E-state index contributed by atoms with van der Waals surface area (Å²) in [5.74, 6) is -2.18. The molecule has 2 atom stereocenters. The molecule has 3 rings (SSSR count). The fraction of sp³-hybridized carbons (Fsp3) is 0.333. The zero-order valence-electron chi connectivity index (χ0n) is 20.7. The molecule has 0 radical (unpaired) electrons. The van der Waals surface area contributed by atoms with Crippen molar-refractivity contribution in [3.8, 4) is 17.0 Å². The lowest BCUT2D eigenvalue weighted by Gasteiger charge is -2.20. The molecule has 3 aromatic rings. The molecule has 196 valence electrons. The molecule has 2 unspecified atom stereocenters. The summed E-state index contributed by atoms with van der Waals surface area (Å²) in [6.07, 6.45) is 2.08. The number of methoxy groups -OCH3 is 2. The Kier molecular flexibility index (Phi) is 8.27. The molecule has 0 bridgehead atoms. The highest BCUT2D eigenvalue weighted by Gasteiger charge is 2.26. The lowest BCUT2D eigenvalue weighted by Crippen LogP contribution is -2.45. The Balaban J connectivity index is 2.09. The number of rotatable bonds is 11. The number of carbonyl (C=O) groups is 3. The number of hydrogen-bond acceptors (Lipinski definition) is 9. The fourth-order valence-electron chi connectivity index (χ4n) is 3.67. The van der Waals surface area contributed by atoms with Crippen LogP contribution in [0.1, 0.15) is 30.6 Å². The third-order valence-corrected chi connectivity index (χ3v) is 5.93. The lowest BCUT2D eigenvalue weighted by atomic mass is 9.99. The van der Waals surface area contributed by atoms with E-state index in [2.05, 4.69) is 20.4 Å². The van der Waals surface area contributed by atoms with Gasteiger partial charge in [0.15, 0.2) is 5.75 Å². The SMILES string of the molecule is CCC(C)C(NC(=O)c1ccn2c(NCC(=O)OC)c(-c3ccc(OC)c([N+](=O)[O-])c3)nc2c1)C(=O)O. The van der Waals surface area contributed by atoms with Crippen LogP contribution >= 0.6 is 0 Å². The highest BCUT2D eigenvalue weighted by Crippen LogP contribution is 2.35. The maximum Gasteiger partial charge on any atom is 0.326 e. The van der Waals surface area contributed by atoms with Gasteiger partial charge in [0.1, 0.15) is 29.7 Å². The Morgan fingerprint density at radius 3 is 2.54 bits per heavy atom. The van der Waals surface area contributed by atoms with Crippen LogP contribution in [-0.4, -0.2) is 64.1 Å². The van der Waals surface area contributed by atoms with Crippen LogP contribution in [0.25, 0.3) is 16.9 Å². The zero-order chi connectivity index (χ0) is 27.3. The summed E-state index contributed by atoms with van der Waals surface area (Å²) >= 11 is 0. The van der Waals surface area contributed by atoms with Gasteiger partial charge in [-0.1, -0.05) is 20.3 Å². The first-order valence-electron chi connectivity index (χ1n) is 11.3. The van der Waals surface area contributed by atoms with E-state index in [1.54, 1.807) is 17.4 Å². The minimum absolute atomic E-state index is 0.0647. The van der Waals surface area contributed by atoms with Gasteiger partial charge in [0, 0.05) is 23.4 Å². The normalized spacial score (nSPS) is 12.4. The smallest absolute Gasteiger partial charge is 0.326 e. The number of carboxylic acids is 1. The second kappa shape index (κ2) is 11.4. The van der Waals surface area contributed by atoms with E-state index < -0.39 is 28.8 Å². The lowest BCUT2D eigenvalue weighted by molar-refractivity contribution is -0.385. The number of amides is 1. The van der Waals surface area contributed by atoms with Crippen molar-refractivity contribution in [1.29, 1.82) is 0 Å². The first kappa shape index (κ1) is 26.9. The molecule has 0 saturated carbocycles. The molecular formula is C24H27N5O8. The highest BCUT2D eigenvalue weighted by molar-refractivity contribution is 5.97. The molecule has 1 amide bonds. The Hall–Kier alpha value is -4.68. The van der Waals surface area contributed by atoms with Gasteiger partial charge in [-0.2, -0.15) is 0 Å². The van der Waals surface area contributed by atoms with Crippen molar-refractivity contribution >= 4 is 35.0 Å². The topological polar surface area (TPSA) is 174 Å². The van der Waals surface area contributed by atoms with Gasteiger partial charge in [0.2, 0.25) is 0 Å². The number of hydrogen-bond donors (Lipinski definition) is 3. The van der Waals surface area contributed by atoms with Crippen LogP contribution in [0.5, 0.6) is 5.75 Å². The van der Waals surface area contributed by atoms with Crippen molar-refractivity contribution in [3.63, 3.8) is 0 Å². The van der Waals surface area contributed by atoms with Crippen molar-refractivity contribution in [2.24, 2.45) is 5.92 Å². The summed E-state index contributed by atoms with van der Waals surface area (Å²) in [7, 11) is 2.56. The Morgan fingerprint density at radius 1 is 1.22 bits per heavy atom. The number of esters is 1. The van der Waals surface area contributed by atoms with Crippen LogP contribution in [-0.2, 0) is 14.3 Å². The molecule has 0 aliphatic heterocycles. The van der Waals surface area contributed by atoms with E-state index in [4.69, 9.17) is 4.74 Å². The number of pyridine rings is 1. The Morgan fingerprint density at radius 2 is 1.95 bits per heavy atom. The van der Waals surface area contributed by atoms with E-state index >= 15 is 0 Å². The molecule has 13 heteroatoms. The van der Waals surface area contributed by atoms with Gasteiger partial charge in [-0.15, -0.1) is 0 Å². The number of aromatic nitrogens is 2. The second-order valence-corrected chi connectivity index (χ2v) is 8.20. The number of nitrogens with one attached hydrogen (secondary N) is 2. The number of benzene rings is 1. The summed E-state index contributed by atoms with van der Waals surface area (Å²) < 4.78 is 11.3. The highest BCUT2D eigenvalue weighted by atomic mass is 16.6. The average Bonchev–Trinajstić information content (AvgIpc) is 3.26. The summed E-state index contributed by atoms with van der Waals surface area (Å²) in [6, 6.07) is 6.16. The molecule has 0 aliphatic carbocycles. The van der Waals surface area contributed by atoms with Crippen LogP contribution in [0.15, 0.2) is 36.5 Å². The van der Waals surface area contributed by atoms with Crippen molar-refractivity contribution in [2.45, 2.75) is 26.3 Å². The van der Waals surface area contributed by atoms with Crippen molar-refractivity contribution in [1.82, 2.24) is 14.7 Å². The first-order chi connectivity index (χ1) is 17.6. The molecule has 0 saturated heterocycles. The van der Waals surface area contributed by atoms with Crippen LogP contribution in [0.2, 0.25) is 0 Å². The quantitative estimate of drug-likeness (QED) is 0.196. The van der Waals surface area contributed by atoms with Crippen LogP contribution in [0, 0.1) is 16.0 Å². The van der Waals surface area contributed by atoms with Gasteiger partial charge < -0.3 is 25.2 Å². The van der Waals surface area contributed by atoms with E-state index in [0.29, 0.717) is 17.8 Å². The van der Waals surface area contributed by atoms with Gasteiger partial charge in [0.25, 0.3) is 5.91 Å². The fourth-order valence-corrected chi connectivity index (χ4v) is 3.67. The number of nitrogens with zero attached hydrogens (tertiary/aromatic N) is 3. The van der Waals surface area contributed by atoms with Crippen LogP contribution < -0.4 is 15.4 Å². The molecule has 3 N–H and O–H groups in total. The molecule has 1 aromatic carbocycles. The number of ether oxygens (including phenoxy) is 2. The third-order valence-electron chi connectivity index (χ3n) is 5.93. The van der Waals surface area contributed by atoms with E-state index in [1.165, 1.54) is 44.7 Å². The molecule has 0 spiro atoms. The van der Waals surface area contributed by atoms with E-state index in [1.807, 2.05) is 6.92 Å². The van der Waals surface area contributed by atoms with Crippen molar-refractivity contribution in [2.75, 3.05) is 26.1 Å². The van der Waals surface area contributed by atoms with E-state index in [9.17, 15) is 29.6 Å². The number of nitro groups is 1. The molecule has 0 aliphatic rings. The number of carbonyl (C=O) groups excluding carboxylic acids is 2. The molecular weight excluding hydrogens is 486 g/mol. The summed E-state index contributed by atoms with van der Waals surface area (Å²) in [4.78, 5) is 51.7. The number of carboxylic acid groups (broad SMARTS) is 1. The Bertz CT molecular complexity index is 1350. The Labute approximate surface area is 211 Å². The summed E-state index contributed by atoms with van der Waals surface area (Å²) in [6.45, 7) is 3.35. The van der Waals surface area contributed by atoms with Crippen LogP contribution in [0.4, 0.5) is 11.5 Å². The van der Waals surface area contributed by atoms with Crippen LogP contribution in [0.3, 0.4) is 0 Å². The minimum Gasteiger partial charge on any atom is -0.490 e. The van der Waals surface area contributed by atoms with Gasteiger partial charge in [0.05, 0.1) is 19.1 Å². The summed E-state index contributed by atoms with van der Waals surface area (Å²) in [5, 5.41) is 26.5. The van der Waals surface area contributed by atoms with Crippen molar-refractivity contribution < 1.29 is 33.9 Å². The maximum atomic E-state index is 12.9. The predicted molar refractivity (Wildman–Crippen MR) is 133 cm³/mol. The van der Waals surface area contributed by atoms with Gasteiger partial charge in [-0.3, -0.25) is 24.1 Å². The number of fused-ring (bicyclic) bond motifs is 1. The number of anilines is 1. The van der Waals surface area contributed by atoms with Gasteiger partial charge in [-0.25, -0.2) is 9.78 Å². The minimum atomic E-state index is -1.14. The standard InChI is InChI=1S/C24H27N5O8/c1-5-13(2)20(24(32)33)27-23(31)15-8-9-28-18(11-15)26-21(22(28)25-12-19(30)37-4)14-6-7-17(36-3)16(10-14)29(34)35/h6-11,13,20,25H,5,12H2,1-4H3,(H,27,31)(H,32,33). The molecule has 2 heterocycles. The zero-order valence-corrected chi connectivity index (χ0v) is 20.7. The molecule has 0 fully saturated rings.